The molecule has 0 amide bonds. The third kappa shape index (κ3) is 3.90. The summed E-state index contributed by atoms with van der Waals surface area (Å²) in [5.74, 6) is -1.92. The van der Waals surface area contributed by atoms with E-state index in [0.29, 0.717) is 12.1 Å². The zero-order valence-electron chi connectivity index (χ0n) is 8.01. The minimum Gasteiger partial charge on any atom is -0.480 e. The van der Waals surface area contributed by atoms with Gasteiger partial charge in [0.15, 0.2) is 6.04 Å². The van der Waals surface area contributed by atoms with E-state index >= 15 is 0 Å². The van der Waals surface area contributed by atoms with Crippen LogP contribution in [0.25, 0.3) is 0 Å². The third-order valence-electron chi connectivity index (χ3n) is 1.86. The van der Waals surface area contributed by atoms with Gasteiger partial charge in [-0.2, -0.15) is 0 Å². The molecule has 1 aliphatic rings. The number of aliphatic carboxylic acids is 2. The van der Waals surface area contributed by atoms with Crippen LogP contribution in [-0.2, 0) is 9.59 Å². The predicted octanol–water partition coefficient (Wildman–Crippen LogP) is -0.485. The molecule has 0 saturated heterocycles. The summed E-state index contributed by atoms with van der Waals surface area (Å²) in [6.45, 7) is 0.108. The molecular formula is C9H12N2O4. The number of hydrogen-bond donors (Lipinski definition) is 3. The lowest BCUT2D eigenvalue weighted by molar-refractivity contribution is -0.138. The van der Waals surface area contributed by atoms with Gasteiger partial charge in [-0.15, -0.1) is 0 Å². The number of carboxylic acids is 2. The number of nitrogens with zero attached hydrogens (tertiary/aromatic N) is 1. The van der Waals surface area contributed by atoms with Crippen molar-refractivity contribution in [1.29, 1.82) is 0 Å². The number of nitrogens with one attached hydrogen (secondary N) is 1. The summed E-state index contributed by atoms with van der Waals surface area (Å²) in [4.78, 5) is 24.8. The Bertz CT molecular complexity index is 322. The lowest BCUT2D eigenvalue weighted by atomic mass is 10.1. The van der Waals surface area contributed by atoms with Gasteiger partial charge in [0, 0.05) is 12.3 Å². The van der Waals surface area contributed by atoms with Crippen molar-refractivity contribution in [3.8, 4) is 0 Å². The fourth-order valence-electron chi connectivity index (χ4n) is 1.19. The van der Waals surface area contributed by atoms with E-state index < -0.39 is 18.0 Å². The van der Waals surface area contributed by atoms with Crippen molar-refractivity contribution < 1.29 is 19.8 Å². The molecule has 0 saturated carbocycles. The molecule has 0 spiro atoms. The molecule has 82 valence electrons. The molecule has 0 radical (unpaired) electrons. The van der Waals surface area contributed by atoms with E-state index in [1.165, 1.54) is 0 Å². The molecule has 1 heterocycles. The van der Waals surface area contributed by atoms with Crippen molar-refractivity contribution >= 4 is 17.7 Å². The Hall–Kier alpha value is -1.69. The first kappa shape index (κ1) is 11.4. The van der Waals surface area contributed by atoms with Crippen LogP contribution in [0.1, 0.15) is 6.42 Å². The van der Waals surface area contributed by atoms with Gasteiger partial charge in [-0.1, -0.05) is 6.08 Å². The lowest BCUT2D eigenvalue weighted by Gasteiger charge is -2.12. The summed E-state index contributed by atoms with van der Waals surface area (Å²) < 4.78 is 0. The lowest BCUT2D eigenvalue weighted by Crippen LogP contribution is -2.30. The molecule has 0 aliphatic carbocycles. The highest BCUT2D eigenvalue weighted by Crippen LogP contribution is 2.06. The summed E-state index contributed by atoms with van der Waals surface area (Å²) in [7, 11) is 0. The largest absolute Gasteiger partial charge is 0.480 e. The van der Waals surface area contributed by atoms with Crippen LogP contribution in [0.4, 0.5) is 0 Å². The molecule has 1 unspecified atom stereocenters. The van der Waals surface area contributed by atoms with Crippen molar-refractivity contribution in [1.82, 2.24) is 5.32 Å². The summed E-state index contributed by atoms with van der Waals surface area (Å²) in [5, 5.41) is 19.7. The van der Waals surface area contributed by atoms with Gasteiger partial charge in [-0.3, -0.25) is 9.79 Å². The molecule has 15 heavy (non-hydrogen) atoms. The maximum Gasteiger partial charge on any atom is 0.328 e. The molecule has 1 atom stereocenters. The number of carbonyl (C=O) groups is 2. The van der Waals surface area contributed by atoms with Crippen molar-refractivity contribution in [3.63, 3.8) is 0 Å². The predicted molar refractivity (Wildman–Crippen MR) is 53.1 cm³/mol. The Morgan fingerprint density at radius 3 is 2.87 bits per heavy atom. The normalized spacial score (nSPS) is 19.7. The van der Waals surface area contributed by atoms with Crippen LogP contribution in [0.5, 0.6) is 0 Å². The molecule has 1 rings (SSSR count). The molecule has 3 N–H and O–H groups in total. The quantitative estimate of drug-likeness (QED) is 0.571. The zero-order chi connectivity index (χ0) is 11.3. The maximum absolute atomic E-state index is 10.6. The van der Waals surface area contributed by atoms with Crippen molar-refractivity contribution in [2.45, 2.75) is 12.5 Å². The van der Waals surface area contributed by atoms with Crippen LogP contribution < -0.4 is 5.32 Å². The number of hydrogen-bond acceptors (Lipinski definition) is 4. The van der Waals surface area contributed by atoms with E-state index in [9.17, 15) is 9.59 Å². The molecule has 6 nitrogen and oxygen atoms in total. The minimum atomic E-state index is -0.963. The fourth-order valence-corrected chi connectivity index (χ4v) is 1.19. The van der Waals surface area contributed by atoms with Crippen LogP contribution in [0.2, 0.25) is 0 Å². The van der Waals surface area contributed by atoms with Gasteiger partial charge in [0.05, 0.1) is 6.54 Å². The SMILES string of the molecule is O=C(O)CNCC1=NC(C(=O)O)CC=C1. The minimum absolute atomic E-state index is 0.162. The Balaban J connectivity index is 2.43. The number of dihydropyridines is 1. The van der Waals surface area contributed by atoms with Gasteiger partial charge in [0.2, 0.25) is 0 Å². The Morgan fingerprint density at radius 2 is 2.27 bits per heavy atom. The summed E-state index contributed by atoms with van der Waals surface area (Å²) >= 11 is 0. The summed E-state index contributed by atoms with van der Waals surface area (Å²) in [5.41, 5.74) is 0.565. The molecule has 0 aromatic rings. The fraction of sp³-hybridized carbons (Fsp3) is 0.444. The van der Waals surface area contributed by atoms with Gasteiger partial charge in [0.25, 0.3) is 0 Å². The highest BCUT2D eigenvalue weighted by atomic mass is 16.4. The van der Waals surface area contributed by atoms with Gasteiger partial charge in [-0.25, -0.2) is 4.79 Å². The van der Waals surface area contributed by atoms with Gasteiger partial charge in [0.1, 0.15) is 0 Å². The highest BCUT2D eigenvalue weighted by Gasteiger charge is 2.17. The van der Waals surface area contributed by atoms with E-state index in [1.807, 2.05) is 0 Å². The molecular weight excluding hydrogens is 200 g/mol. The van der Waals surface area contributed by atoms with Gasteiger partial charge >= 0.3 is 11.9 Å². The van der Waals surface area contributed by atoms with Gasteiger partial charge in [-0.05, 0) is 12.5 Å². The first-order valence-corrected chi connectivity index (χ1v) is 4.48. The van der Waals surface area contributed by atoms with Crippen molar-refractivity contribution in [2.75, 3.05) is 13.1 Å². The smallest absolute Gasteiger partial charge is 0.328 e. The van der Waals surface area contributed by atoms with Crippen molar-refractivity contribution in [3.05, 3.63) is 12.2 Å². The van der Waals surface area contributed by atoms with E-state index in [1.54, 1.807) is 12.2 Å². The Kier molecular flexibility index (Phi) is 3.99. The van der Waals surface area contributed by atoms with E-state index in [-0.39, 0.29) is 13.1 Å². The van der Waals surface area contributed by atoms with E-state index in [0.717, 1.165) is 0 Å². The Morgan fingerprint density at radius 1 is 1.53 bits per heavy atom. The average Bonchev–Trinajstić information content (AvgIpc) is 2.17. The zero-order valence-corrected chi connectivity index (χ0v) is 8.01. The summed E-state index contributed by atoms with van der Waals surface area (Å²) in [6.07, 6.45) is 3.82. The van der Waals surface area contributed by atoms with Gasteiger partial charge < -0.3 is 15.5 Å². The number of carboxylic acid groups (broad SMARTS) is 2. The molecule has 0 bridgehead atoms. The van der Waals surface area contributed by atoms with Crippen LogP contribution in [-0.4, -0.2) is 47.0 Å². The third-order valence-corrected chi connectivity index (χ3v) is 1.86. The summed E-state index contributed by atoms with van der Waals surface area (Å²) in [6, 6.07) is -0.739. The average molecular weight is 212 g/mol. The van der Waals surface area contributed by atoms with Crippen LogP contribution >= 0.6 is 0 Å². The van der Waals surface area contributed by atoms with Crippen LogP contribution in [0.15, 0.2) is 17.1 Å². The topological polar surface area (TPSA) is 99.0 Å². The van der Waals surface area contributed by atoms with Crippen molar-refractivity contribution in [2.24, 2.45) is 4.99 Å². The molecule has 0 fully saturated rings. The van der Waals surface area contributed by atoms with Crippen LogP contribution in [0.3, 0.4) is 0 Å². The second-order valence-electron chi connectivity index (χ2n) is 3.11. The molecule has 0 aromatic heterocycles. The molecule has 0 aromatic carbocycles. The monoisotopic (exact) mass is 212 g/mol. The number of rotatable bonds is 5. The second kappa shape index (κ2) is 5.26. The van der Waals surface area contributed by atoms with E-state index in [4.69, 9.17) is 10.2 Å². The highest BCUT2D eigenvalue weighted by molar-refractivity contribution is 5.99. The first-order valence-electron chi connectivity index (χ1n) is 4.48. The first-order chi connectivity index (χ1) is 7.09. The van der Waals surface area contributed by atoms with Crippen LogP contribution in [0, 0.1) is 0 Å². The Labute approximate surface area is 86.3 Å². The standard InChI is InChI=1S/C9H12N2O4/c12-8(13)5-10-4-6-2-1-3-7(11-6)9(14)15/h1-2,7,10H,3-5H2,(H,12,13)(H,14,15). The molecule has 6 heteroatoms. The number of aliphatic imine (C=N–C) groups is 1. The molecule has 1 aliphatic heterocycles. The second-order valence-corrected chi connectivity index (χ2v) is 3.11. The maximum atomic E-state index is 10.6. The van der Waals surface area contributed by atoms with E-state index in [2.05, 4.69) is 10.3 Å².